The molecule has 0 spiro atoms. The molecule has 1 heterocycles. The van der Waals surface area contributed by atoms with Crippen LogP contribution in [0, 0.1) is 0 Å². The fourth-order valence-corrected chi connectivity index (χ4v) is 1.89. The van der Waals surface area contributed by atoms with Crippen LogP contribution < -0.4 is 0 Å². The largest absolute Gasteiger partial charge is 0.274 e. The number of nitrogens with zero attached hydrogens (tertiary/aromatic N) is 1. The van der Waals surface area contributed by atoms with E-state index in [0.29, 0.717) is 12.8 Å². The number of rotatable bonds is 6. The molecule has 0 unspecified atom stereocenters. The van der Waals surface area contributed by atoms with E-state index in [1.165, 1.54) is 17.7 Å². The van der Waals surface area contributed by atoms with Gasteiger partial charge in [-0.05, 0) is 25.3 Å². The lowest BCUT2D eigenvalue weighted by atomic mass is 10.1. The summed E-state index contributed by atoms with van der Waals surface area (Å²) < 4.78 is 0. The topological polar surface area (TPSA) is 37.4 Å². The number of amides is 2. The second-order valence-corrected chi connectivity index (χ2v) is 4.32. The maximum atomic E-state index is 11.5. The van der Waals surface area contributed by atoms with Crippen molar-refractivity contribution in [2.45, 2.75) is 52.4 Å². The molecule has 0 aromatic heterocycles. The highest BCUT2D eigenvalue weighted by molar-refractivity contribution is 6.03. The first-order valence-corrected chi connectivity index (χ1v) is 6.37. The van der Waals surface area contributed by atoms with E-state index in [1.807, 2.05) is 19.1 Å². The zero-order chi connectivity index (χ0) is 12.7. The van der Waals surface area contributed by atoms with Crippen LogP contribution in [-0.4, -0.2) is 16.7 Å². The van der Waals surface area contributed by atoms with Crippen molar-refractivity contribution in [2.24, 2.45) is 0 Å². The summed E-state index contributed by atoms with van der Waals surface area (Å²) in [4.78, 5) is 24.3. The van der Waals surface area contributed by atoms with Crippen molar-refractivity contribution < 1.29 is 9.59 Å². The molecule has 0 N–H and O–H groups in total. The molecular weight excluding hydrogens is 214 g/mol. The Morgan fingerprint density at radius 3 is 2.41 bits per heavy atom. The van der Waals surface area contributed by atoms with Crippen LogP contribution in [-0.2, 0) is 9.59 Å². The third-order valence-electron chi connectivity index (χ3n) is 2.83. The van der Waals surface area contributed by atoms with Crippen LogP contribution >= 0.6 is 0 Å². The minimum Gasteiger partial charge on any atom is -0.274 e. The van der Waals surface area contributed by atoms with Crippen LogP contribution in [0.5, 0.6) is 0 Å². The van der Waals surface area contributed by atoms with Gasteiger partial charge in [-0.25, -0.2) is 0 Å². The van der Waals surface area contributed by atoms with Crippen molar-refractivity contribution in [1.29, 1.82) is 0 Å². The highest BCUT2D eigenvalue weighted by Gasteiger charge is 2.27. The predicted octanol–water partition coefficient (Wildman–Crippen LogP) is 3.18. The number of hydrogen-bond acceptors (Lipinski definition) is 2. The molecule has 1 aliphatic rings. The number of unbranched alkanes of at least 4 members (excludes halogenated alkanes) is 2. The molecule has 0 radical (unpaired) electrons. The molecule has 0 aromatic carbocycles. The fraction of sp³-hybridized carbons (Fsp3) is 0.571. The molecule has 1 saturated heterocycles. The van der Waals surface area contributed by atoms with Gasteiger partial charge in [0.1, 0.15) is 0 Å². The second kappa shape index (κ2) is 7.05. The van der Waals surface area contributed by atoms with Crippen molar-refractivity contribution in [3.05, 3.63) is 23.9 Å². The Balaban J connectivity index is 2.68. The average molecular weight is 235 g/mol. The highest BCUT2D eigenvalue weighted by Crippen LogP contribution is 2.17. The first-order chi connectivity index (χ1) is 8.19. The molecule has 1 fully saturated rings. The summed E-state index contributed by atoms with van der Waals surface area (Å²) >= 11 is 0. The van der Waals surface area contributed by atoms with Gasteiger partial charge in [-0.1, -0.05) is 31.9 Å². The minimum absolute atomic E-state index is 0.0764. The molecule has 94 valence electrons. The van der Waals surface area contributed by atoms with Gasteiger partial charge in [-0.2, -0.15) is 0 Å². The Kier molecular flexibility index (Phi) is 5.67. The van der Waals surface area contributed by atoms with Crippen molar-refractivity contribution in [3.8, 4) is 0 Å². The first-order valence-electron chi connectivity index (χ1n) is 6.37. The number of carbonyl (C=O) groups is 2. The fourth-order valence-electron chi connectivity index (χ4n) is 1.89. The Labute approximate surface area is 103 Å². The lowest BCUT2D eigenvalue weighted by Gasteiger charge is -2.10. The summed E-state index contributed by atoms with van der Waals surface area (Å²) in [6.45, 7) is 4.11. The summed E-state index contributed by atoms with van der Waals surface area (Å²) in [5, 5.41) is 0. The lowest BCUT2D eigenvalue weighted by molar-refractivity contribution is -0.135. The zero-order valence-corrected chi connectivity index (χ0v) is 10.7. The van der Waals surface area contributed by atoms with Crippen molar-refractivity contribution in [2.75, 3.05) is 0 Å². The van der Waals surface area contributed by atoms with E-state index in [9.17, 15) is 9.59 Å². The Bertz CT molecular complexity index is 326. The Hall–Kier alpha value is -1.38. The number of carbonyl (C=O) groups excluding carboxylic acids is 2. The van der Waals surface area contributed by atoms with Gasteiger partial charge in [0.15, 0.2) is 0 Å². The molecule has 0 bridgehead atoms. The summed E-state index contributed by atoms with van der Waals surface area (Å²) in [5.74, 6) is -0.153. The molecule has 1 rings (SSSR count). The van der Waals surface area contributed by atoms with E-state index in [-0.39, 0.29) is 11.8 Å². The smallest absolute Gasteiger partial charge is 0.233 e. The number of likely N-dealkylation sites (tertiary alicyclic amines) is 1. The van der Waals surface area contributed by atoms with Crippen molar-refractivity contribution >= 4 is 11.8 Å². The maximum absolute atomic E-state index is 11.5. The van der Waals surface area contributed by atoms with Gasteiger partial charge in [0.2, 0.25) is 11.8 Å². The Morgan fingerprint density at radius 2 is 1.88 bits per heavy atom. The quantitative estimate of drug-likeness (QED) is 0.403. The standard InChI is InChI=1S/C14H21NO2/c1-3-5-6-8-12(7-4-2)11-15-13(16)9-10-14(15)17/h4,7,11H,3,5-6,8-10H2,1-2H3/b7-4+,12-11-. The lowest BCUT2D eigenvalue weighted by Crippen LogP contribution is -2.23. The molecule has 0 aliphatic carbocycles. The van der Waals surface area contributed by atoms with E-state index in [4.69, 9.17) is 0 Å². The molecule has 0 atom stereocenters. The molecule has 3 nitrogen and oxygen atoms in total. The first kappa shape index (κ1) is 13.7. The minimum atomic E-state index is -0.0764. The number of hydrogen-bond donors (Lipinski definition) is 0. The summed E-state index contributed by atoms with van der Waals surface area (Å²) in [6.07, 6.45) is 10.7. The van der Waals surface area contributed by atoms with Crippen LogP contribution in [0.2, 0.25) is 0 Å². The van der Waals surface area contributed by atoms with E-state index in [1.54, 1.807) is 6.20 Å². The van der Waals surface area contributed by atoms with Crippen LogP contribution in [0.25, 0.3) is 0 Å². The average Bonchev–Trinajstić information content (AvgIpc) is 2.61. The van der Waals surface area contributed by atoms with Crippen LogP contribution in [0.4, 0.5) is 0 Å². The number of allylic oxidation sites excluding steroid dienone is 3. The van der Waals surface area contributed by atoms with Gasteiger partial charge in [0.05, 0.1) is 0 Å². The highest BCUT2D eigenvalue weighted by atomic mass is 16.2. The van der Waals surface area contributed by atoms with E-state index in [0.717, 1.165) is 18.4 Å². The van der Waals surface area contributed by atoms with Crippen LogP contribution in [0.3, 0.4) is 0 Å². The Morgan fingerprint density at radius 1 is 1.24 bits per heavy atom. The van der Waals surface area contributed by atoms with Gasteiger partial charge in [-0.3, -0.25) is 14.5 Å². The molecule has 17 heavy (non-hydrogen) atoms. The molecule has 1 aliphatic heterocycles. The number of imide groups is 1. The van der Waals surface area contributed by atoms with Crippen LogP contribution in [0.1, 0.15) is 52.4 Å². The van der Waals surface area contributed by atoms with Crippen molar-refractivity contribution in [1.82, 2.24) is 4.90 Å². The van der Waals surface area contributed by atoms with E-state index < -0.39 is 0 Å². The summed E-state index contributed by atoms with van der Waals surface area (Å²) in [7, 11) is 0. The van der Waals surface area contributed by atoms with E-state index >= 15 is 0 Å². The molecular formula is C14H21NO2. The van der Waals surface area contributed by atoms with Gasteiger partial charge in [0, 0.05) is 19.0 Å². The molecule has 0 saturated carbocycles. The molecule has 3 heteroatoms. The third-order valence-corrected chi connectivity index (χ3v) is 2.83. The van der Waals surface area contributed by atoms with Gasteiger partial charge < -0.3 is 0 Å². The second-order valence-electron chi connectivity index (χ2n) is 4.32. The van der Waals surface area contributed by atoms with Crippen molar-refractivity contribution in [3.63, 3.8) is 0 Å². The van der Waals surface area contributed by atoms with E-state index in [2.05, 4.69) is 6.92 Å². The normalized spacial score (nSPS) is 17.5. The summed E-state index contributed by atoms with van der Waals surface area (Å²) in [5.41, 5.74) is 1.06. The third kappa shape index (κ3) is 4.17. The zero-order valence-electron chi connectivity index (χ0n) is 10.7. The molecule has 2 amide bonds. The van der Waals surface area contributed by atoms with Gasteiger partial charge in [-0.15, -0.1) is 0 Å². The molecule has 0 aromatic rings. The summed E-state index contributed by atoms with van der Waals surface area (Å²) in [6, 6.07) is 0. The predicted molar refractivity (Wildman–Crippen MR) is 68.1 cm³/mol. The maximum Gasteiger partial charge on any atom is 0.233 e. The van der Waals surface area contributed by atoms with Gasteiger partial charge >= 0.3 is 0 Å². The van der Waals surface area contributed by atoms with Gasteiger partial charge in [0.25, 0.3) is 0 Å². The SMILES string of the molecule is C/C=C/C(=C/N1C(=O)CCC1=O)CCCCC. The monoisotopic (exact) mass is 235 g/mol. The van der Waals surface area contributed by atoms with Crippen LogP contribution in [0.15, 0.2) is 23.9 Å².